The van der Waals surface area contributed by atoms with E-state index in [2.05, 4.69) is 25.7 Å². The predicted molar refractivity (Wildman–Crippen MR) is 111 cm³/mol. The highest BCUT2D eigenvalue weighted by Gasteiger charge is 2.36. The number of benzene rings is 1. The first-order chi connectivity index (χ1) is 14.6. The second kappa shape index (κ2) is 10.8. The minimum Gasteiger partial charge on any atom is -0.483 e. The number of hydrogen-bond donors (Lipinski definition) is 2. The summed E-state index contributed by atoms with van der Waals surface area (Å²) in [6, 6.07) is 7.76. The minimum absolute atomic E-state index is 0.0464. The fraction of sp³-hybridized carbons (Fsp3) is 0.571. The maximum atomic E-state index is 13.0. The third-order valence-electron chi connectivity index (χ3n) is 5.87. The monoisotopic (exact) mass is 414 g/mol. The second-order valence-corrected chi connectivity index (χ2v) is 8.09. The average Bonchev–Trinajstić information content (AvgIpc) is 3.44. The molecule has 9 nitrogen and oxygen atoms in total. The van der Waals surface area contributed by atoms with Crippen LogP contribution in [0, 0.1) is 0 Å². The fourth-order valence-electron chi connectivity index (χ4n) is 4.43. The van der Waals surface area contributed by atoms with Gasteiger partial charge in [-0.05, 0) is 66.9 Å². The van der Waals surface area contributed by atoms with Crippen LogP contribution in [0.4, 0.5) is 0 Å². The summed E-state index contributed by atoms with van der Waals surface area (Å²) in [5.41, 5.74) is 1.73. The molecule has 2 aliphatic rings. The van der Waals surface area contributed by atoms with Crippen LogP contribution in [0.1, 0.15) is 60.9 Å². The van der Waals surface area contributed by atoms with Crippen molar-refractivity contribution in [3.05, 3.63) is 41.7 Å². The molecule has 9 heteroatoms. The highest BCUT2D eigenvalue weighted by Crippen LogP contribution is 2.30. The molecule has 0 spiro atoms. The lowest BCUT2D eigenvalue weighted by Crippen LogP contribution is -2.56. The highest BCUT2D eigenvalue weighted by atomic mass is 16.3. The van der Waals surface area contributed by atoms with Crippen molar-refractivity contribution in [1.29, 1.82) is 0 Å². The lowest BCUT2D eigenvalue weighted by molar-refractivity contribution is -0.122. The highest BCUT2D eigenvalue weighted by molar-refractivity contribution is 5.94. The van der Waals surface area contributed by atoms with Gasteiger partial charge < -0.3 is 15.3 Å². The molecule has 1 aromatic carbocycles. The molecule has 1 aromatic heterocycles. The smallest absolute Gasteiger partial charge is 0.290 e. The summed E-state index contributed by atoms with van der Waals surface area (Å²) in [6.45, 7) is 3.69. The van der Waals surface area contributed by atoms with Gasteiger partial charge in [-0.15, -0.1) is 5.10 Å². The SMILES string of the molecule is O=C(NC1(CN2CCCC2)CCCCC1)c1ccc(Cn2cnnn2)cc1.O=CO. The number of likely N-dealkylation sites (tertiary alicyclic amines) is 1. The van der Waals surface area contributed by atoms with E-state index in [0.717, 1.165) is 30.5 Å². The third kappa shape index (κ3) is 6.09. The summed E-state index contributed by atoms with van der Waals surface area (Å²) in [7, 11) is 0. The Labute approximate surface area is 176 Å². The van der Waals surface area contributed by atoms with Crippen LogP contribution in [0.25, 0.3) is 0 Å². The van der Waals surface area contributed by atoms with E-state index in [4.69, 9.17) is 9.90 Å². The molecular formula is C21H30N6O3. The number of nitrogens with zero attached hydrogens (tertiary/aromatic N) is 5. The Morgan fingerprint density at radius 2 is 1.77 bits per heavy atom. The Balaban J connectivity index is 0.000000806. The van der Waals surface area contributed by atoms with Crippen molar-refractivity contribution in [3.8, 4) is 0 Å². The number of tetrazole rings is 1. The number of hydrogen-bond acceptors (Lipinski definition) is 6. The van der Waals surface area contributed by atoms with E-state index in [9.17, 15) is 4.79 Å². The van der Waals surface area contributed by atoms with Crippen molar-refractivity contribution in [2.75, 3.05) is 19.6 Å². The summed E-state index contributed by atoms with van der Waals surface area (Å²) in [5, 5.41) is 21.5. The number of aromatic nitrogens is 4. The topological polar surface area (TPSA) is 113 Å². The van der Waals surface area contributed by atoms with Gasteiger partial charge in [-0.1, -0.05) is 31.4 Å². The number of carbonyl (C=O) groups excluding carboxylic acids is 1. The number of carbonyl (C=O) groups is 2. The molecule has 0 radical (unpaired) electrons. The van der Waals surface area contributed by atoms with E-state index in [0.29, 0.717) is 6.54 Å². The normalized spacial score (nSPS) is 18.3. The molecule has 1 saturated carbocycles. The van der Waals surface area contributed by atoms with Crippen LogP contribution >= 0.6 is 0 Å². The minimum atomic E-state index is -0.250. The Bertz CT molecular complexity index is 782. The van der Waals surface area contributed by atoms with Crippen LogP contribution in [0.2, 0.25) is 0 Å². The van der Waals surface area contributed by atoms with Gasteiger partial charge in [0.1, 0.15) is 6.33 Å². The van der Waals surface area contributed by atoms with Gasteiger partial charge in [0.15, 0.2) is 0 Å². The van der Waals surface area contributed by atoms with Crippen LogP contribution in [0.15, 0.2) is 30.6 Å². The first-order valence-corrected chi connectivity index (χ1v) is 10.6. The number of carboxylic acid groups (broad SMARTS) is 1. The van der Waals surface area contributed by atoms with E-state index < -0.39 is 0 Å². The van der Waals surface area contributed by atoms with Crippen molar-refractivity contribution in [2.45, 2.75) is 57.0 Å². The molecule has 1 aliphatic carbocycles. The van der Waals surface area contributed by atoms with E-state index in [1.54, 1.807) is 11.0 Å². The van der Waals surface area contributed by atoms with Crippen LogP contribution < -0.4 is 5.32 Å². The van der Waals surface area contributed by atoms with Gasteiger partial charge in [0.05, 0.1) is 12.1 Å². The Morgan fingerprint density at radius 3 is 2.37 bits per heavy atom. The van der Waals surface area contributed by atoms with Crippen LogP contribution in [0.3, 0.4) is 0 Å². The molecule has 0 bridgehead atoms. The van der Waals surface area contributed by atoms with E-state index >= 15 is 0 Å². The van der Waals surface area contributed by atoms with E-state index in [1.165, 1.54) is 45.2 Å². The molecule has 1 saturated heterocycles. The van der Waals surface area contributed by atoms with Gasteiger partial charge >= 0.3 is 0 Å². The molecule has 2 fully saturated rings. The largest absolute Gasteiger partial charge is 0.483 e. The molecule has 162 valence electrons. The summed E-state index contributed by atoms with van der Waals surface area (Å²) in [4.78, 5) is 23.8. The van der Waals surface area contributed by atoms with Crippen molar-refractivity contribution in [1.82, 2.24) is 30.4 Å². The maximum absolute atomic E-state index is 13.0. The molecule has 4 rings (SSSR count). The zero-order valence-corrected chi connectivity index (χ0v) is 17.2. The molecular weight excluding hydrogens is 384 g/mol. The molecule has 1 aliphatic heterocycles. The van der Waals surface area contributed by atoms with Gasteiger partial charge in [-0.2, -0.15) is 0 Å². The van der Waals surface area contributed by atoms with E-state index in [1.807, 2.05) is 24.3 Å². The predicted octanol–water partition coefficient (Wildman–Crippen LogP) is 1.95. The molecule has 30 heavy (non-hydrogen) atoms. The molecule has 0 atom stereocenters. The third-order valence-corrected chi connectivity index (χ3v) is 5.87. The molecule has 0 unspecified atom stereocenters. The maximum Gasteiger partial charge on any atom is 0.290 e. The molecule has 2 heterocycles. The van der Waals surface area contributed by atoms with Gasteiger partial charge in [0, 0.05) is 12.1 Å². The number of rotatable bonds is 6. The second-order valence-electron chi connectivity index (χ2n) is 8.09. The summed E-state index contributed by atoms with van der Waals surface area (Å²) in [6.07, 6.45) is 10.0. The van der Waals surface area contributed by atoms with Crippen molar-refractivity contribution < 1.29 is 14.7 Å². The summed E-state index contributed by atoms with van der Waals surface area (Å²) in [5.74, 6) is 0.0464. The molecule has 2 aromatic rings. The van der Waals surface area contributed by atoms with Crippen molar-refractivity contribution in [3.63, 3.8) is 0 Å². The van der Waals surface area contributed by atoms with Gasteiger partial charge in [0.2, 0.25) is 0 Å². The van der Waals surface area contributed by atoms with Gasteiger partial charge in [0.25, 0.3) is 12.4 Å². The lowest BCUT2D eigenvalue weighted by Gasteiger charge is -2.41. The Hall–Kier alpha value is -2.81. The fourth-order valence-corrected chi connectivity index (χ4v) is 4.43. The lowest BCUT2D eigenvalue weighted by atomic mass is 9.81. The van der Waals surface area contributed by atoms with E-state index in [-0.39, 0.29) is 17.9 Å². The van der Waals surface area contributed by atoms with Gasteiger partial charge in [-0.25, -0.2) is 4.68 Å². The number of nitrogens with one attached hydrogen (secondary N) is 1. The van der Waals surface area contributed by atoms with Crippen LogP contribution in [0.5, 0.6) is 0 Å². The van der Waals surface area contributed by atoms with Crippen LogP contribution in [-0.2, 0) is 11.3 Å². The molecule has 1 amide bonds. The number of amides is 1. The summed E-state index contributed by atoms with van der Waals surface area (Å²) >= 11 is 0. The summed E-state index contributed by atoms with van der Waals surface area (Å²) < 4.78 is 1.67. The first kappa shape index (κ1) is 21.9. The Kier molecular flexibility index (Phi) is 7.89. The zero-order valence-electron chi connectivity index (χ0n) is 17.2. The standard InChI is InChI=1S/C20H28N6O.CH2O2/c27-19(18-8-6-17(7-9-18)14-26-16-21-23-24-26)22-20(10-2-1-3-11-20)15-25-12-4-5-13-25;2-1-3/h6-9,16H,1-5,10-15H2,(H,22,27);1H,(H,2,3). The first-order valence-electron chi connectivity index (χ1n) is 10.6. The quantitative estimate of drug-likeness (QED) is 0.695. The zero-order chi connectivity index (χ0) is 21.2. The van der Waals surface area contributed by atoms with Crippen LogP contribution in [-0.4, -0.2) is 67.8 Å². The molecule has 2 N–H and O–H groups in total. The van der Waals surface area contributed by atoms with Crippen molar-refractivity contribution >= 4 is 12.4 Å². The average molecular weight is 415 g/mol. The Morgan fingerprint density at radius 1 is 1.10 bits per heavy atom. The van der Waals surface area contributed by atoms with Gasteiger partial charge in [-0.3, -0.25) is 9.59 Å². The van der Waals surface area contributed by atoms with Crippen molar-refractivity contribution in [2.24, 2.45) is 0 Å².